The van der Waals surface area contributed by atoms with Crippen LogP contribution in [-0.4, -0.2) is 12.9 Å². The standard InChI is InChI=1S/C47H37OP2.BF4/c1-47(2)36-25-15-27-38-44(36)48-45-37(47)26-16-28-42(45)50(40(33-19-9-4-10-20-33)29-30-41(50)34-21-11-5-12-22-34)43-31-39(32-17-7-3-8-18-32)49(38)46(43)35-23-13-6-14-24-35;2-1(3,4)5/h3-31,43,46H,1-2H3;/q+1;-1/t43?,46-,49?;/m0./s1. The molecule has 2 unspecified atom stereocenters. The first-order chi connectivity index (χ1) is 26.6. The lowest BCUT2D eigenvalue weighted by Crippen LogP contribution is -2.31. The van der Waals surface area contributed by atoms with Gasteiger partial charge in [0, 0.05) is 33.0 Å². The zero-order valence-electron chi connectivity index (χ0n) is 30.3. The fourth-order valence-corrected chi connectivity index (χ4v) is 18.6. The van der Waals surface area contributed by atoms with Crippen LogP contribution in [0.3, 0.4) is 0 Å². The van der Waals surface area contributed by atoms with Gasteiger partial charge in [-0.1, -0.05) is 166 Å². The molecule has 4 aliphatic heterocycles. The smallest absolute Gasteiger partial charge is 0.452 e. The zero-order valence-corrected chi connectivity index (χ0v) is 32.1. The van der Waals surface area contributed by atoms with E-state index in [0.29, 0.717) is 0 Å². The molecule has 10 rings (SSSR count). The third kappa shape index (κ3) is 5.85. The molecule has 4 aliphatic rings. The average molecular weight is 767 g/mol. The molecule has 0 aliphatic carbocycles. The molecular formula is C47H37BF4OP2. The Morgan fingerprint density at radius 3 is 1.58 bits per heavy atom. The van der Waals surface area contributed by atoms with E-state index in [-0.39, 0.29) is 16.7 Å². The molecule has 3 atom stereocenters. The van der Waals surface area contributed by atoms with Crippen LogP contribution in [0.15, 0.2) is 176 Å². The second-order valence-electron chi connectivity index (χ2n) is 14.7. The van der Waals surface area contributed by atoms with Crippen molar-refractivity contribution in [1.29, 1.82) is 0 Å². The Hall–Kier alpha value is -5.02. The average Bonchev–Trinajstić information content (AvgIpc) is 3.80. The van der Waals surface area contributed by atoms with Crippen LogP contribution in [0, 0.1) is 0 Å². The SMILES string of the molecule is CC1(C)c2cccc3c2Oc2c1cccc2[P+]1(C(c2ccccc2)=CC=C1c1ccccc1)C1C=C(c2ccccc2)P3[C@H]1c1ccccc1.F[B-](F)(F)F. The summed E-state index contributed by atoms with van der Waals surface area (Å²) in [5, 5.41) is 7.06. The Morgan fingerprint density at radius 2 is 1.04 bits per heavy atom. The number of fused-ring (bicyclic) bond motifs is 5. The van der Waals surface area contributed by atoms with Gasteiger partial charge in [0.1, 0.15) is 34.6 Å². The van der Waals surface area contributed by atoms with Crippen LogP contribution in [0.1, 0.15) is 52.9 Å². The van der Waals surface area contributed by atoms with Crippen LogP contribution >= 0.6 is 15.2 Å². The van der Waals surface area contributed by atoms with Gasteiger partial charge in [0.25, 0.3) is 0 Å². The molecule has 8 heteroatoms. The van der Waals surface area contributed by atoms with Crippen molar-refractivity contribution < 1.29 is 22.0 Å². The van der Waals surface area contributed by atoms with E-state index < -0.39 is 22.4 Å². The van der Waals surface area contributed by atoms with E-state index in [1.807, 2.05) is 0 Å². The molecule has 0 N–H and O–H groups in total. The van der Waals surface area contributed by atoms with Crippen molar-refractivity contribution in [2.75, 3.05) is 0 Å². The quantitative estimate of drug-likeness (QED) is 0.0986. The maximum atomic E-state index is 9.75. The van der Waals surface area contributed by atoms with Gasteiger partial charge in [-0.25, -0.2) is 0 Å². The lowest BCUT2D eigenvalue weighted by molar-refractivity contribution is 0.368. The number of hydrogen-bond donors (Lipinski definition) is 0. The Kier molecular flexibility index (Phi) is 8.84. The number of halogens is 4. The topological polar surface area (TPSA) is 9.23 Å². The van der Waals surface area contributed by atoms with Crippen molar-refractivity contribution in [2.45, 2.75) is 30.6 Å². The number of rotatable bonds is 4. The van der Waals surface area contributed by atoms with Gasteiger partial charge in [-0.3, -0.25) is 0 Å². The Morgan fingerprint density at radius 1 is 0.564 bits per heavy atom. The number of benzene rings is 6. The van der Waals surface area contributed by atoms with Gasteiger partial charge >= 0.3 is 7.25 Å². The molecule has 272 valence electrons. The van der Waals surface area contributed by atoms with E-state index in [0.717, 1.165) is 11.5 Å². The van der Waals surface area contributed by atoms with Crippen molar-refractivity contribution >= 4 is 49.0 Å². The fraction of sp³-hybridized carbons (Fsp3) is 0.106. The molecule has 0 saturated carbocycles. The minimum atomic E-state index is -6.00. The fourth-order valence-electron chi connectivity index (χ4n) is 9.12. The molecular weight excluding hydrogens is 729 g/mol. The van der Waals surface area contributed by atoms with E-state index in [1.165, 1.54) is 59.9 Å². The summed E-state index contributed by atoms with van der Waals surface area (Å²) in [6.45, 7) is 4.79. The molecule has 0 fully saturated rings. The lowest BCUT2D eigenvalue weighted by Gasteiger charge is -2.39. The Labute approximate surface area is 321 Å². The largest absolute Gasteiger partial charge is 0.673 e. The summed E-state index contributed by atoms with van der Waals surface area (Å²) in [7, 11) is -9.38. The number of allylic oxidation sites excluding steroid dienone is 3. The number of para-hydroxylation sites is 2. The van der Waals surface area contributed by atoms with Crippen LogP contribution in [0.4, 0.5) is 17.3 Å². The zero-order chi connectivity index (χ0) is 38.0. The summed E-state index contributed by atoms with van der Waals surface area (Å²) < 4.78 is 46.5. The summed E-state index contributed by atoms with van der Waals surface area (Å²) in [5.41, 5.74) is 8.08. The summed E-state index contributed by atoms with van der Waals surface area (Å²) >= 11 is 0. The lowest BCUT2D eigenvalue weighted by atomic mass is 9.76. The first-order valence-corrected chi connectivity index (χ1v) is 21.7. The second-order valence-corrected chi connectivity index (χ2v) is 20.5. The molecule has 6 aromatic carbocycles. The molecule has 55 heavy (non-hydrogen) atoms. The highest BCUT2D eigenvalue weighted by Crippen LogP contribution is 2.89. The molecule has 1 nitrogen and oxygen atoms in total. The first kappa shape index (κ1) is 35.7. The monoisotopic (exact) mass is 766 g/mol. The molecule has 1 spiro atoms. The summed E-state index contributed by atoms with van der Waals surface area (Å²) in [4.78, 5) is 0. The van der Waals surface area contributed by atoms with Crippen LogP contribution in [-0.2, 0) is 5.41 Å². The number of hydrogen-bond acceptors (Lipinski definition) is 1. The maximum absolute atomic E-state index is 9.75. The predicted molar refractivity (Wildman–Crippen MR) is 225 cm³/mol. The third-order valence-corrected chi connectivity index (χ3v) is 19.3. The van der Waals surface area contributed by atoms with Crippen molar-refractivity contribution in [2.24, 2.45) is 0 Å². The Balaban J connectivity index is 0.000000748. The van der Waals surface area contributed by atoms with Gasteiger partial charge in [0.15, 0.2) is 5.75 Å². The van der Waals surface area contributed by atoms with E-state index in [4.69, 9.17) is 4.74 Å². The van der Waals surface area contributed by atoms with Gasteiger partial charge in [0.2, 0.25) is 0 Å². The summed E-state index contributed by atoms with van der Waals surface area (Å²) in [6.07, 6.45) is 7.68. The van der Waals surface area contributed by atoms with Crippen molar-refractivity contribution in [3.8, 4) is 11.5 Å². The minimum Gasteiger partial charge on any atom is -0.452 e. The summed E-state index contributed by atoms with van der Waals surface area (Å²) in [5.74, 6) is 2.14. The van der Waals surface area contributed by atoms with E-state index in [1.54, 1.807) is 0 Å². The number of ether oxygens (including phenoxy) is 1. The first-order valence-electron chi connectivity index (χ1n) is 18.5. The molecule has 4 heterocycles. The van der Waals surface area contributed by atoms with Crippen LogP contribution in [0.2, 0.25) is 0 Å². The minimum absolute atomic E-state index is 0.194. The molecule has 0 aromatic heterocycles. The summed E-state index contributed by atoms with van der Waals surface area (Å²) in [6, 6.07) is 59.1. The molecule has 4 bridgehead atoms. The third-order valence-electron chi connectivity index (χ3n) is 11.3. The van der Waals surface area contributed by atoms with E-state index in [2.05, 4.69) is 190 Å². The maximum Gasteiger partial charge on any atom is 0.673 e. The van der Waals surface area contributed by atoms with E-state index in [9.17, 15) is 17.3 Å². The van der Waals surface area contributed by atoms with Gasteiger partial charge in [-0.05, 0) is 48.7 Å². The van der Waals surface area contributed by atoms with Crippen LogP contribution in [0.5, 0.6) is 11.5 Å². The van der Waals surface area contributed by atoms with Crippen LogP contribution < -0.4 is 15.3 Å². The highest BCUT2D eigenvalue weighted by atomic mass is 31.2. The van der Waals surface area contributed by atoms with E-state index >= 15 is 0 Å². The molecule has 0 radical (unpaired) electrons. The highest BCUT2D eigenvalue weighted by Gasteiger charge is 2.65. The van der Waals surface area contributed by atoms with Crippen molar-refractivity contribution in [1.82, 2.24) is 0 Å². The highest BCUT2D eigenvalue weighted by molar-refractivity contribution is 8.01. The van der Waals surface area contributed by atoms with Crippen molar-refractivity contribution in [3.05, 3.63) is 209 Å². The van der Waals surface area contributed by atoms with Gasteiger partial charge in [-0.2, -0.15) is 0 Å². The molecule has 0 saturated heterocycles. The van der Waals surface area contributed by atoms with Crippen molar-refractivity contribution in [3.63, 3.8) is 0 Å². The second kappa shape index (κ2) is 13.6. The van der Waals surface area contributed by atoms with Gasteiger partial charge in [-0.15, -0.1) is 0 Å². The predicted octanol–water partition coefficient (Wildman–Crippen LogP) is 13.4. The molecule has 0 amide bonds. The van der Waals surface area contributed by atoms with Gasteiger partial charge < -0.3 is 22.0 Å². The molecule has 6 aromatic rings. The van der Waals surface area contributed by atoms with Crippen LogP contribution in [0.25, 0.3) is 15.9 Å². The van der Waals surface area contributed by atoms with Gasteiger partial charge in [0.05, 0.1) is 5.66 Å². The Bertz CT molecular complexity index is 2440. The normalized spacial score (nSPS) is 20.8.